The number of phenolic OH excluding ortho intramolecular Hbond substituents is 2. The van der Waals surface area contributed by atoms with Gasteiger partial charge in [0.15, 0.2) is 30.9 Å². The second-order valence-corrected chi connectivity index (χ2v) is 10.8. The summed E-state index contributed by atoms with van der Waals surface area (Å²) in [5.41, 5.74) is 0.0852. The van der Waals surface area contributed by atoms with Crippen molar-refractivity contribution in [1.82, 2.24) is 0 Å². The van der Waals surface area contributed by atoms with Crippen LogP contribution in [0.1, 0.15) is 28.9 Å². The fourth-order valence-corrected chi connectivity index (χ4v) is 5.32. The van der Waals surface area contributed by atoms with Gasteiger partial charge in [0.2, 0.25) is 5.78 Å². The minimum Gasteiger partial charge on any atom is -0.508 e. The maximum Gasteiger partial charge on any atom is 0.303 e. The van der Waals surface area contributed by atoms with Crippen molar-refractivity contribution < 1.29 is 78.5 Å². The summed E-state index contributed by atoms with van der Waals surface area (Å²) in [5, 5.41) is 72.4. The van der Waals surface area contributed by atoms with E-state index in [0.29, 0.717) is 11.3 Å². The van der Waals surface area contributed by atoms with Crippen molar-refractivity contribution in [3.63, 3.8) is 0 Å². The number of phenols is 2. The summed E-state index contributed by atoms with van der Waals surface area (Å²) in [6.45, 7) is 0.124. The minimum atomic E-state index is -1.85. The van der Waals surface area contributed by atoms with Crippen molar-refractivity contribution in [2.45, 2.75) is 74.4 Å². The van der Waals surface area contributed by atoms with Crippen LogP contribution < -0.4 is 9.47 Å². The summed E-state index contributed by atoms with van der Waals surface area (Å²) in [6.07, 6.45) is -17.3. The van der Waals surface area contributed by atoms with E-state index in [9.17, 15) is 45.3 Å². The first kappa shape index (κ1) is 32.8. The maximum absolute atomic E-state index is 13.8. The Morgan fingerprint density at radius 3 is 2.33 bits per heavy atom. The van der Waals surface area contributed by atoms with Crippen LogP contribution in [0.2, 0.25) is 0 Å². The fraction of sp³-hybridized carbons (Fsp3) is 0.517. The van der Waals surface area contributed by atoms with Crippen molar-refractivity contribution in [2.24, 2.45) is 0 Å². The molecule has 3 heterocycles. The molecule has 0 radical (unpaired) electrons. The molecule has 0 saturated carbocycles. The zero-order valence-corrected chi connectivity index (χ0v) is 24.0. The number of aromatic hydroxyl groups is 2. The Labute approximate surface area is 255 Å². The first-order valence-corrected chi connectivity index (χ1v) is 13.9. The third-order valence-corrected chi connectivity index (χ3v) is 7.65. The number of carbonyl (C=O) groups is 2. The van der Waals surface area contributed by atoms with Crippen LogP contribution in [0.15, 0.2) is 36.4 Å². The molecule has 0 spiro atoms. The van der Waals surface area contributed by atoms with Crippen LogP contribution in [-0.2, 0) is 28.5 Å². The molecular weight excluding hydrogens is 604 g/mol. The van der Waals surface area contributed by atoms with E-state index in [0.717, 1.165) is 19.1 Å². The monoisotopic (exact) mass is 638 g/mol. The SMILES string of the molecule is COc1ccc(C2Oc3cc(O)cc(O)c3C(=O)C2O[C@H]2O[C@H](CO[C@H]3OC[C@H](O)[C@@H](O)[C@H]3O)[C@@H](O)[C@H](OC(C)=O)[C@H]2O)cc1. The number of ether oxygens (including phenoxy) is 7. The van der Waals surface area contributed by atoms with Gasteiger partial charge in [-0.1, -0.05) is 12.1 Å². The van der Waals surface area contributed by atoms with E-state index in [-0.39, 0.29) is 23.7 Å². The molecule has 16 nitrogen and oxygen atoms in total. The zero-order chi connectivity index (χ0) is 32.6. The summed E-state index contributed by atoms with van der Waals surface area (Å²) in [6, 6.07) is 8.45. The third-order valence-electron chi connectivity index (χ3n) is 7.65. The fourth-order valence-electron chi connectivity index (χ4n) is 5.32. The Balaban J connectivity index is 1.43. The molecule has 0 aliphatic carbocycles. The number of aliphatic hydroxyl groups excluding tert-OH is 5. The van der Waals surface area contributed by atoms with Crippen LogP contribution in [-0.4, -0.2) is 129 Å². The largest absolute Gasteiger partial charge is 0.508 e. The lowest BCUT2D eigenvalue weighted by atomic mass is 9.92. The summed E-state index contributed by atoms with van der Waals surface area (Å²) < 4.78 is 38.8. The number of rotatable bonds is 8. The van der Waals surface area contributed by atoms with E-state index in [1.54, 1.807) is 24.3 Å². The molecule has 3 aliphatic rings. The summed E-state index contributed by atoms with van der Waals surface area (Å²) in [7, 11) is 1.46. The number of methoxy groups -OCH3 is 1. The van der Waals surface area contributed by atoms with Crippen LogP contribution in [0.25, 0.3) is 0 Å². The first-order valence-electron chi connectivity index (χ1n) is 13.9. The van der Waals surface area contributed by atoms with Crippen molar-refractivity contribution in [3.05, 3.63) is 47.5 Å². The van der Waals surface area contributed by atoms with E-state index in [2.05, 4.69) is 0 Å². The predicted molar refractivity (Wildman–Crippen MR) is 145 cm³/mol. The maximum atomic E-state index is 13.8. The Morgan fingerprint density at radius 2 is 1.67 bits per heavy atom. The number of esters is 1. The van der Waals surface area contributed by atoms with Gasteiger partial charge in [-0.05, 0) is 17.7 Å². The molecular formula is C29H34O16. The Morgan fingerprint density at radius 1 is 0.956 bits per heavy atom. The molecule has 2 unspecified atom stereocenters. The highest BCUT2D eigenvalue weighted by atomic mass is 16.7. The molecule has 2 aromatic rings. The van der Waals surface area contributed by atoms with Gasteiger partial charge in [-0.15, -0.1) is 0 Å². The molecule has 45 heavy (non-hydrogen) atoms. The smallest absolute Gasteiger partial charge is 0.303 e. The molecule has 2 saturated heterocycles. The van der Waals surface area contributed by atoms with E-state index in [1.165, 1.54) is 7.11 Å². The number of benzene rings is 2. The average molecular weight is 639 g/mol. The van der Waals surface area contributed by atoms with Crippen molar-refractivity contribution in [2.75, 3.05) is 20.3 Å². The van der Waals surface area contributed by atoms with Gasteiger partial charge in [-0.2, -0.15) is 0 Å². The van der Waals surface area contributed by atoms with E-state index in [4.69, 9.17) is 33.2 Å². The standard InChI is InChI=1S/C29H34O16/c1-11(30)42-26-21(35)18(10-41-28-23(37)20(34)16(33)9-40-28)44-29(24(26)38)45-27-22(36)19-15(32)7-13(31)8-17(19)43-25(27)12-3-5-14(39-2)6-4-12/h3-8,16,18,20-21,23-29,31-35,37-38H,9-10H2,1-2H3/t16-,18+,20+,21+,23+,24+,25?,26-,27?,28+,29+/m0/s1. The van der Waals surface area contributed by atoms with Crippen molar-refractivity contribution in [1.29, 1.82) is 0 Å². The molecule has 0 amide bonds. The molecule has 11 atom stereocenters. The van der Waals surface area contributed by atoms with Gasteiger partial charge in [0.1, 0.15) is 65.2 Å². The number of aliphatic hydroxyl groups is 5. The Hall–Kier alpha value is -3.58. The Kier molecular flexibility index (Phi) is 9.78. The van der Waals surface area contributed by atoms with E-state index < -0.39 is 91.6 Å². The highest BCUT2D eigenvalue weighted by Gasteiger charge is 2.51. The average Bonchev–Trinajstić information content (AvgIpc) is 3.00. The molecule has 3 aliphatic heterocycles. The molecule has 246 valence electrons. The van der Waals surface area contributed by atoms with Gasteiger partial charge in [-0.3, -0.25) is 9.59 Å². The minimum absolute atomic E-state index is 0.138. The number of fused-ring (bicyclic) bond motifs is 1. The highest BCUT2D eigenvalue weighted by molar-refractivity contribution is 6.05. The summed E-state index contributed by atoms with van der Waals surface area (Å²) in [5.74, 6) is -2.28. The van der Waals surface area contributed by atoms with Gasteiger partial charge in [0.25, 0.3) is 0 Å². The van der Waals surface area contributed by atoms with Gasteiger partial charge < -0.3 is 68.9 Å². The molecule has 2 fully saturated rings. The molecule has 5 rings (SSSR count). The number of ketones is 1. The van der Waals surface area contributed by atoms with Crippen molar-refractivity contribution >= 4 is 11.8 Å². The van der Waals surface area contributed by atoms with E-state index in [1.807, 2.05) is 0 Å². The molecule has 16 heteroatoms. The van der Waals surface area contributed by atoms with Crippen LogP contribution in [0.5, 0.6) is 23.0 Å². The highest BCUT2D eigenvalue weighted by Crippen LogP contribution is 2.44. The first-order chi connectivity index (χ1) is 21.4. The molecule has 2 aromatic carbocycles. The predicted octanol–water partition coefficient (Wildman–Crippen LogP) is -1.36. The molecule has 0 bridgehead atoms. The lowest BCUT2D eigenvalue weighted by molar-refractivity contribution is -0.328. The normalized spacial score (nSPS) is 34.8. The zero-order valence-electron chi connectivity index (χ0n) is 24.0. The summed E-state index contributed by atoms with van der Waals surface area (Å²) in [4.78, 5) is 25.7. The van der Waals surface area contributed by atoms with Gasteiger partial charge >= 0.3 is 5.97 Å². The molecule has 0 aromatic heterocycles. The van der Waals surface area contributed by atoms with Gasteiger partial charge in [-0.25, -0.2) is 0 Å². The van der Waals surface area contributed by atoms with Gasteiger partial charge in [0, 0.05) is 19.1 Å². The van der Waals surface area contributed by atoms with E-state index >= 15 is 0 Å². The quantitative estimate of drug-likeness (QED) is 0.165. The second-order valence-electron chi connectivity index (χ2n) is 10.8. The third kappa shape index (κ3) is 6.69. The topological polar surface area (TPSA) is 240 Å². The number of hydrogen-bond acceptors (Lipinski definition) is 16. The number of carbonyl (C=O) groups excluding carboxylic acids is 2. The Bertz CT molecular complexity index is 1370. The number of Topliss-reactive ketones (excluding diaryl/α,β-unsaturated/α-hetero) is 1. The van der Waals surface area contributed by atoms with Crippen LogP contribution in [0.3, 0.4) is 0 Å². The van der Waals surface area contributed by atoms with Crippen LogP contribution in [0.4, 0.5) is 0 Å². The summed E-state index contributed by atoms with van der Waals surface area (Å²) >= 11 is 0. The van der Waals surface area contributed by atoms with Crippen LogP contribution >= 0.6 is 0 Å². The lowest BCUT2D eigenvalue weighted by Gasteiger charge is -2.44. The van der Waals surface area contributed by atoms with Gasteiger partial charge in [0.05, 0.1) is 20.3 Å². The molecule has 7 N–H and O–H groups in total. The lowest BCUT2D eigenvalue weighted by Crippen LogP contribution is -2.62. The van der Waals surface area contributed by atoms with Crippen molar-refractivity contribution in [3.8, 4) is 23.0 Å². The second kappa shape index (κ2) is 13.4. The number of hydrogen-bond donors (Lipinski definition) is 7. The van der Waals surface area contributed by atoms with Crippen LogP contribution in [0, 0.1) is 0 Å².